The number of primary amides is 1. The Morgan fingerprint density at radius 3 is 2.71 bits per heavy atom. The summed E-state index contributed by atoms with van der Waals surface area (Å²) in [7, 11) is -3.46. The Balaban J connectivity index is 1.97. The van der Waals surface area contributed by atoms with E-state index in [0.717, 1.165) is 19.3 Å². The molecule has 1 aliphatic carbocycles. The fraction of sp³-hybridized carbons (Fsp3) is 0.900. The molecule has 2 rings (SSSR count). The number of amides is 1. The standard InChI is InChI=1S/C10H19N3O3S/c1-7(4-10(11)14)12-17(15,16)13-6-8-2-3-9(13)5-8/h7-9,12H,2-6H2,1H3,(H2,11,14). The molecule has 0 radical (unpaired) electrons. The number of fused-ring (bicyclic) bond motifs is 2. The molecule has 1 saturated heterocycles. The summed E-state index contributed by atoms with van der Waals surface area (Å²) in [6, 6.07) is -0.296. The van der Waals surface area contributed by atoms with Gasteiger partial charge < -0.3 is 5.73 Å². The van der Waals surface area contributed by atoms with Crippen LogP contribution in [0.5, 0.6) is 0 Å². The number of hydrogen-bond acceptors (Lipinski definition) is 3. The third kappa shape index (κ3) is 2.78. The number of hydrogen-bond donors (Lipinski definition) is 2. The Morgan fingerprint density at radius 1 is 1.53 bits per heavy atom. The molecular formula is C10H19N3O3S. The van der Waals surface area contributed by atoms with Crippen LogP contribution in [0.4, 0.5) is 0 Å². The summed E-state index contributed by atoms with van der Waals surface area (Å²) in [5.74, 6) is 0.0196. The first-order valence-electron chi connectivity index (χ1n) is 5.96. The van der Waals surface area contributed by atoms with E-state index >= 15 is 0 Å². The Morgan fingerprint density at radius 2 is 2.24 bits per heavy atom. The Bertz CT molecular complexity index is 409. The SMILES string of the molecule is CC(CC(N)=O)NS(=O)(=O)N1CC2CCC1C2. The van der Waals surface area contributed by atoms with Gasteiger partial charge in [-0.2, -0.15) is 17.4 Å². The lowest BCUT2D eigenvalue weighted by Gasteiger charge is -2.27. The van der Waals surface area contributed by atoms with Gasteiger partial charge >= 0.3 is 0 Å². The van der Waals surface area contributed by atoms with E-state index in [1.807, 2.05) is 0 Å². The molecule has 1 aliphatic heterocycles. The predicted octanol–water partition coefficient (Wildman–Crippen LogP) is -0.431. The van der Waals surface area contributed by atoms with Crippen LogP contribution in [0.1, 0.15) is 32.6 Å². The van der Waals surface area contributed by atoms with Gasteiger partial charge in [-0.05, 0) is 32.1 Å². The maximum atomic E-state index is 12.1. The second-order valence-corrected chi connectivity index (χ2v) is 6.75. The van der Waals surface area contributed by atoms with Crippen LogP contribution in [0, 0.1) is 5.92 Å². The Kier molecular flexibility index (Phi) is 3.42. The van der Waals surface area contributed by atoms with Crippen molar-refractivity contribution < 1.29 is 13.2 Å². The second-order valence-electron chi connectivity index (χ2n) is 5.10. The molecule has 17 heavy (non-hydrogen) atoms. The van der Waals surface area contributed by atoms with Gasteiger partial charge in [0.15, 0.2) is 0 Å². The first-order valence-corrected chi connectivity index (χ1v) is 7.40. The number of nitrogens with zero attached hydrogens (tertiary/aromatic N) is 1. The van der Waals surface area contributed by atoms with E-state index in [4.69, 9.17) is 5.73 Å². The lowest BCUT2D eigenvalue weighted by Crippen LogP contribution is -2.48. The van der Waals surface area contributed by atoms with E-state index in [1.54, 1.807) is 11.2 Å². The smallest absolute Gasteiger partial charge is 0.279 e. The van der Waals surface area contributed by atoms with Crippen LogP contribution >= 0.6 is 0 Å². The highest BCUT2D eigenvalue weighted by atomic mass is 32.2. The lowest BCUT2D eigenvalue weighted by molar-refractivity contribution is -0.118. The summed E-state index contributed by atoms with van der Waals surface area (Å²) >= 11 is 0. The molecule has 3 N–H and O–H groups in total. The summed E-state index contributed by atoms with van der Waals surface area (Å²) in [5, 5.41) is 0. The van der Waals surface area contributed by atoms with Crippen LogP contribution in [0.15, 0.2) is 0 Å². The van der Waals surface area contributed by atoms with Gasteiger partial charge in [0.05, 0.1) is 0 Å². The quantitative estimate of drug-likeness (QED) is 0.703. The van der Waals surface area contributed by atoms with E-state index in [0.29, 0.717) is 12.5 Å². The summed E-state index contributed by atoms with van der Waals surface area (Å²) in [4.78, 5) is 10.7. The first-order chi connectivity index (χ1) is 7.88. The van der Waals surface area contributed by atoms with Gasteiger partial charge in [-0.1, -0.05) is 0 Å². The van der Waals surface area contributed by atoms with Crippen molar-refractivity contribution in [2.45, 2.75) is 44.7 Å². The molecule has 0 aromatic rings. The topological polar surface area (TPSA) is 92.5 Å². The summed E-state index contributed by atoms with van der Waals surface area (Å²) in [6.07, 6.45) is 3.09. The fourth-order valence-corrected chi connectivity index (χ4v) is 4.56. The number of carbonyl (C=O) groups excluding carboxylic acids is 1. The maximum Gasteiger partial charge on any atom is 0.279 e. The van der Waals surface area contributed by atoms with Crippen molar-refractivity contribution in [3.05, 3.63) is 0 Å². The van der Waals surface area contributed by atoms with Crippen LogP contribution < -0.4 is 10.5 Å². The molecule has 0 spiro atoms. The molecule has 3 atom stereocenters. The largest absolute Gasteiger partial charge is 0.370 e. The van der Waals surface area contributed by atoms with Gasteiger partial charge in [0, 0.05) is 25.0 Å². The zero-order valence-corrected chi connectivity index (χ0v) is 10.7. The van der Waals surface area contributed by atoms with E-state index in [1.165, 1.54) is 0 Å². The number of nitrogens with one attached hydrogen (secondary N) is 1. The molecule has 6 nitrogen and oxygen atoms in total. The van der Waals surface area contributed by atoms with Gasteiger partial charge in [-0.25, -0.2) is 0 Å². The van der Waals surface area contributed by atoms with Crippen LogP contribution in [0.2, 0.25) is 0 Å². The van der Waals surface area contributed by atoms with Gasteiger partial charge in [0.25, 0.3) is 10.2 Å². The molecule has 2 fully saturated rings. The molecule has 98 valence electrons. The van der Waals surface area contributed by atoms with E-state index < -0.39 is 22.2 Å². The van der Waals surface area contributed by atoms with Gasteiger partial charge in [-0.15, -0.1) is 0 Å². The predicted molar refractivity (Wildman–Crippen MR) is 63.2 cm³/mol. The highest BCUT2D eigenvalue weighted by Crippen LogP contribution is 2.38. The highest BCUT2D eigenvalue weighted by Gasteiger charge is 2.43. The number of rotatable bonds is 5. The third-order valence-electron chi connectivity index (χ3n) is 3.53. The average molecular weight is 261 g/mol. The molecule has 7 heteroatoms. The normalized spacial score (nSPS) is 30.6. The molecule has 2 bridgehead atoms. The van der Waals surface area contributed by atoms with Crippen LogP contribution in [0.3, 0.4) is 0 Å². The Hall–Kier alpha value is -0.660. The van der Waals surface area contributed by atoms with Gasteiger partial charge in [0.2, 0.25) is 5.91 Å². The van der Waals surface area contributed by atoms with E-state index in [9.17, 15) is 13.2 Å². The minimum Gasteiger partial charge on any atom is -0.370 e. The molecule has 1 amide bonds. The highest BCUT2D eigenvalue weighted by molar-refractivity contribution is 7.87. The zero-order chi connectivity index (χ0) is 12.6. The Labute approximate surface area is 102 Å². The van der Waals surface area contributed by atoms with Gasteiger partial charge in [-0.3, -0.25) is 4.79 Å². The molecule has 2 aliphatic rings. The summed E-state index contributed by atoms with van der Waals surface area (Å²) in [5.41, 5.74) is 5.04. The maximum absolute atomic E-state index is 12.1. The van der Waals surface area contributed by atoms with Crippen molar-refractivity contribution in [2.24, 2.45) is 11.7 Å². The zero-order valence-electron chi connectivity index (χ0n) is 9.93. The third-order valence-corrected chi connectivity index (χ3v) is 5.29. The van der Waals surface area contributed by atoms with Gasteiger partial charge in [0.1, 0.15) is 0 Å². The molecular weight excluding hydrogens is 242 g/mol. The first kappa shape index (κ1) is 12.8. The molecule has 1 saturated carbocycles. The monoisotopic (exact) mass is 261 g/mol. The number of piperidine rings is 1. The number of nitrogens with two attached hydrogens (primary N) is 1. The van der Waals surface area contributed by atoms with Crippen molar-refractivity contribution in [3.63, 3.8) is 0 Å². The summed E-state index contributed by atoms with van der Waals surface area (Å²) in [6.45, 7) is 2.26. The molecule has 1 heterocycles. The van der Waals surface area contributed by atoms with Crippen molar-refractivity contribution in [1.82, 2.24) is 9.03 Å². The van der Waals surface area contributed by atoms with E-state index in [-0.39, 0.29) is 12.5 Å². The van der Waals surface area contributed by atoms with Crippen molar-refractivity contribution in [3.8, 4) is 0 Å². The molecule has 3 unspecified atom stereocenters. The van der Waals surface area contributed by atoms with E-state index in [2.05, 4.69) is 4.72 Å². The van der Waals surface area contributed by atoms with Crippen molar-refractivity contribution in [1.29, 1.82) is 0 Å². The second kappa shape index (κ2) is 4.55. The minimum atomic E-state index is -3.46. The lowest BCUT2D eigenvalue weighted by atomic mass is 10.1. The molecule has 0 aromatic carbocycles. The molecule has 0 aromatic heterocycles. The number of carbonyl (C=O) groups is 1. The average Bonchev–Trinajstić information content (AvgIpc) is 2.75. The van der Waals surface area contributed by atoms with Crippen LogP contribution in [0.25, 0.3) is 0 Å². The van der Waals surface area contributed by atoms with Crippen LogP contribution in [-0.2, 0) is 15.0 Å². The van der Waals surface area contributed by atoms with Crippen molar-refractivity contribution in [2.75, 3.05) is 6.54 Å². The van der Waals surface area contributed by atoms with Crippen LogP contribution in [-0.4, -0.2) is 37.3 Å². The fourth-order valence-electron chi connectivity index (χ4n) is 2.84. The van der Waals surface area contributed by atoms with Crippen molar-refractivity contribution >= 4 is 16.1 Å². The summed E-state index contributed by atoms with van der Waals surface area (Å²) < 4.78 is 28.2. The minimum absolute atomic E-state index is 0.0289.